The van der Waals surface area contributed by atoms with E-state index in [0.717, 1.165) is 11.8 Å². The van der Waals surface area contributed by atoms with Gasteiger partial charge in [-0.3, -0.25) is 9.59 Å². The minimum absolute atomic E-state index is 0.0565. The summed E-state index contributed by atoms with van der Waals surface area (Å²) >= 11 is 2.34. The maximum absolute atomic E-state index is 11.8. The molecule has 0 radical (unpaired) electrons. The highest BCUT2D eigenvalue weighted by atomic mass is 32.2. The molecular formula is C11H18N4O3S2. The lowest BCUT2D eigenvalue weighted by molar-refractivity contribution is -0.134. The Bertz CT molecular complexity index is 464. The van der Waals surface area contributed by atoms with Crippen LogP contribution >= 0.6 is 23.1 Å². The van der Waals surface area contributed by atoms with Crippen LogP contribution in [0, 0.1) is 5.92 Å². The molecule has 0 fully saturated rings. The van der Waals surface area contributed by atoms with Crippen molar-refractivity contribution in [1.29, 1.82) is 0 Å². The van der Waals surface area contributed by atoms with Gasteiger partial charge in [-0.05, 0) is 12.8 Å². The lowest BCUT2D eigenvalue weighted by Gasteiger charge is -2.13. The molecule has 7 nitrogen and oxygen atoms in total. The van der Waals surface area contributed by atoms with Crippen molar-refractivity contribution < 1.29 is 14.7 Å². The minimum atomic E-state index is -0.902. The SMILES string of the molecule is CC(C)CNC(=O)C(C)Nc1nnc(SCC(=O)O)s1. The molecule has 0 saturated heterocycles. The molecule has 0 spiro atoms. The summed E-state index contributed by atoms with van der Waals surface area (Å²) in [4.78, 5) is 22.2. The topological polar surface area (TPSA) is 104 Å². The Labute approximate surface area is 125 Å². The van der Waals surface area contributed by atoms with Gasteiger partial charge in [0.2, 0.25) is 11.0 Å². The minimum Gasteiger partial charge on any atom is -0.481 e. The Kier molecular flexibility index (Phi) is 6.73. The van der Waals surface area contributed by atoms with Crippen molar-refractivity contribution in [3.63, 3.8) is 0 Å². The Morgan fingerprint density at radius 2 is 2.05 bits per heavy atom. The fourth-order valence-electron chi connectivity index (χ4n) is 1.16. The number of amides is 1. The van der Waals surface area contributed by atoms with E-state index in [0.29, 0.717) is 21.9 Å². The number of hydrogen-bond acceptors (Lipinski definition) is 7. The number of aromatic nitrogens is 2. The number of anilines is 1. The molecule has 1 rings (SSSR count). The largest absolute Gasteiger partial charge is 0.481 e. The summed E-state index contributed by atoms with van der Waals surface area (Å²) < 4.78 is 0.560. The van der Waals surface area contributed by atoms with Gasteiger partial charge in [-0.25, -0.2) is 0 Å². The lowest BCUT2D eigenvalue weighted by Crippen LogP contribution is -2.39. The first-order chi connectivity index (χ1) is 9.38. The van der Waals surface area contributed by atoms with E-state index in [1.54, 1.807) is 6.92 Å². The van der Waals surface area contributed by atoms with Crippen LogP contribution in [0.2, 0.25) is 0 Å². The van der Waals surface area contributed by atoms with Gasteiger partial charge in [0, 0.05) is 6.54 Å². The number of thioether (sulfide) groups is 1. The number of carbonyl (C=O) groups excluding carboxylic acids is 1. The first-order valence-electron chi connectivity index (χ1n) is 6.10. The van der Waals surface area contributed by atoms with Crippen LogP contribution in [0.5, 0.6) is 0 Å². The average molecular weight is 318 g/mol. The maximum Gasteiger partial charge on any atom is 0.313 e. The van der Waals surface area contributed by atoms with Crippen LogP contribution in [-0.2, 0) is 9.59 Å². The summed E-state index contributed by atoms with van der Waals surface area (Å²) in [6.45, 7) is 6.41. The Morgan fingerprint density at radius 1 is 1.35 bits per heavy atom. The molecule has 112 valence electrons. The number of carboxylic acids is 1. The van der Waals surface area contributed by atoms with Gasteiger partial charge >= 0.3 is 5.97 Å². The highest BCUT2D eigenvalue weighted by Crippen LogP contribution is 2.25. The molecule has 3 N–H and O–H groups in total. The van der Waals surface area contributed by atoms with E-state index < -0.39 is 12.0 Å². The number of nitrogens with one attached hydrogen (secondary N) is 2. The highest BCUT2D eigenvalue weighted by molar-refractivity contribution is 8.01. The molecule has 0 saturated carbocycles. The van der Waals surface area contributed by atoms with Crippen LogP contribution in [0.15, 0.2) is 4.34 Å². The summed E-state index contributed by atoms with van der Waals surface area (Å²) in [5.74, 6) is -0.666. The smallest absolute Gasteiger partial charge is 0.313 e. The van der Waals surface area contributed by atoms with Crippen LogP contribution in [0.25, 0.3) is 0 Å². The Morgan fingerprint density at radius 3 is 2.65 bits per heavy atom. The predicted octanol–water partition coefficient (Wildman–Crippen LogP) is 1.29. The second kappa shape index (κ2) is 8.05. The van der Waals surface area contributed by atoms with Crippen molar-refractivity contribution in [2.45, 2.75) is 31.2 Å². The zero-order valence-corrected chi connectivity index (χ0v) is 13.2. The van der Waals surface area contributed by atoms with Crippen molar-refractivity contribution in [1.82, 2.24) is 15.5 Å². The second-order valence-electron chi connectivity index (χ2n) is 4.56. The number of carboxylic acid groups (broad SMARTS) is 1. The van der Waals surface area contributed by atoms with Crippen molar-refractivity contribution in [2.75, 3.05) is 17.6 Å². The van der Waals surface area contributed by atoms with Gasteiger partial charge in [-0.1, -0.05) is 36.9 Å². The molecule has 0 aromatic carbocycles. The van der Waals surface area contributed by atoms with Gasteiger partial charge in [0.1, 0.15) is 6.04 Å². The first-order valence-corrected chi connectivity index (χ1v) is 7.91. The average Bonchev–Trinajstić information content (AvgIpc) is 2.81. The molecule has 0 aliphatic heterocycles. The highest BCUT2D eigenvalue weighted by Gasteiger charge is 2.15. The van der Waals surface area contributed by atoms with E-state index in [1.807, 2.05) is 13.8 Å². The number of nitrogens with zero attached hydrogens (tertiary/aromatic N) is 2. The Hall–Kier alpha value is -1.35. The standard InChI is InChI=1S/C11H18N4O3S2/c1-6(2)4-12-9(18)7(3)13-10-14-15-11(20-10)19-5-8(16)17/h6-7H,4-5H2,1-3H3,(H,12,18)(H,13,14)(H,16,17). The van der Waals surface area contributed by atoms with Crippen LogP contribution in [0.4, 0.5) is 5.13 Å². The van der Waals surface area contributed by atoms with E-state index in [4.69, 9.17) is 5.11 Å². The second-order valence-corrected chi connectivity index (χ2v) is 6.76. The molecule has 1 heterocycles. The zero-order chi connectivity index (χ0) is 15.1. The third kappa shape index (κ3) is 6.20. The molecule has 1 amide bonds. The third-order valence-corrected chi connectivity index (χ3v) is 4.12. The van der Waals surface area contributed by atoms with Gasteiger partial charge in [-0.15, -0.1) is 10.2 Å². The summed E-state index contributed by atoms with van der Waals surface area (Å²) in [5.41, 5.74) is 0. The van der Waals surface area contributed by atoms with Crippen molar-refractivity contribution in [3.8, 4) is 0 Å². The van der Waals surface area contributed by atoms with Gasteiger partial charge in [0.15, 0.2) is 4.34 Å². The van der Waals surface area contributed by atoms with Gasteiger partial charge in [0.05, 0.1) is 5.75 Å². The van der Waals surface area contributed by atoms with Crippen molar-refractivity contribution >= 4 is 40.1 Å². The molecule has 1 unspecified atom stereocenters. The van der Waals surface area contributed by atoms with Crippen LogP contribution in [0.3, 0.4) is 0 Å². The molecule has 0 aliphatic rings. The molecule has 1 atom stereocenters. The van der Waals surface area contributed by atoms with Crippen molar-refractivity contribution in [2.24, 2.45) is 5.92 Å². The van der Waals surface area contributed by atoms with E-state index in [1.165, 1.54) is 11.3 Å². The fraction of sp³-hybridized carbons (Fsp3) is 0.636. The normalized spacial score (nSPS) is 12.2. The fourth-order valence-corrected chi connectivity index (χ4v) is 2.72. The summed E-state index contributed by atoms with van der Waals surface area (Å²) in [6, 6.07) is -0.418. The Balaban J connectivity index is 2.43. The number of carbonyl (C=O) groups is 2. The monoisotopic (exact) mass is 318 g/mol. The van der Waals surface area contributed by atoms with Gasteiger partial charge in [0.25, 0.3) is 0 Å². The summed E-state index contributed by atoms with van der Waals surface area (Å²) in [7, 11) is 0. The molecule has 1 aromatic rings. The van der Waals surface area contributed by atoms with Crippen LogP contribution in [-0.4, -0.2) is 45.5 Å². The van der Waals surface area contributed by atoms with Gasteiger partial charge < -0.3 is 15.7 Å². The third-order valence-electron chi connectivity index (χ3n) is 2.14. The van der Waals surface area contributed by atoms with Crippen molar-refractivity contribution in [3.05, 3.63) is 0 Å². The number of hydrogen-bond donors (Lipinski definition) is 3. The van der Waals surface area contributed by atoms with E-state index >= 15 is 0 Å². The number of rotatable bonds is 8. The molecule has 1 aromatic heterocycles. The van der Waals surface area contributed by atoms with Crippen LogP contribution < -0.4 is 10.6 Å². The van der Waals surface area contributed by atoms with E-state index in [9.17, 15) is 9.59 Å². The first kappa shape index (κ1) is 16.7. The molecule has 20 heavy (non-hydrogen) atoms. The maximum atomic E-state index is 11.8. The molecule has 0 bridgehead atoms. The van der Waals surface area contributed by atoms with Gasteiger partial charge in [-0.2, -0.15) is 0 Å². The lowest BCUT2D eigenvalue weighted by atomic mass is 10.2. The molecular weight excluding hydrogens is 300 g/mol. The molecule has 0 aliphatic carbocycles. The zero-order valence-electron chi connectivity index (χ0n) is 11.5. The summed E-state index contributed by atoms with van der Waals surface area (Å²) in [5, 5.41) is 22.6. The number of aliphatic carboxylic acids is 1. The predicted molar refractivity (Wildman–Crippen MR) is 79.2 cm³/mol. The summed E-state index contributed by atoms with van der Waals surface area (Å²) in [6.07, 6.45) is 0. The van der Waals surface area contributed by atoms with E-state index in [2.05, 4.69) is 20.8 Å². The molecule has 9 heteroatoms. The van der Waals surface area contributed by atoms with E-state index in [-0.39, 0.29) is 11.7 Å². The quantitative estimate of drug-likeness (QED) is 0.620. The van der Waals surface area contributed by atoms with Crippen LogP contribution in [0.1, 0.15) is 20.8 Å².